The van der Waals surface area contributed by atoms with Crippen LogP contribution in [0.2, 0.25) is 0 Å². The van der Waals surface area contributed by atoms with Crippen LogP contribution in [-0.2, 0) is 23.5 Å². The quantitative estimate of drug-likeness (QED) is 0.789. The van der Waals surface area contributed by atoms with Crippen LogP contribution in [0, 0.1) is 0 Å². The predicted octanol–water partition coefficient (Wildman–Crippen LogP) is 1.33. The third-order valence-electron chi connectivity index (χ3n) is 2.02. The Morgan fingerprint density at radius 2 is 2.14 bits per heavy atom. The van der Waals surface area contributed by atoms with Crippen molar-refractivity contribution in [3.8, 4) is 0 Å². The van der Waals surface area contributed by atoms with Crippen molar-refractivity contribution in [3.63, 3.8) is 0 Å². The predicted molar refractivity (Wildman–Crippen MR) is 54.8 cm³/mol. The van der Waals surface area contributed by atoms with Gasteiger partial charge in [-0.2, -0.15) is 0 Å². The van der Waals surface area contributed by atoms with Crippen LogP contribution in [0.1, 0.15) is 18.9 Å². The van der Waals surface area contributed by atoms with Gasteiger partial charge in [0.25, 0.3) is 0 Å². The molecule has 0 atom stereocenters. The van der Waals surface area contributed by atoms with Crippen LogP contribution in [0.15, 0.2) is 30.6 Å². The van der Waals surface area contributed by atoms with Gasteiger partial charge in [-0.15, -0.1) is 0 Å². The molecule has 0 saturated heterocycles. The molecule has 2 rings (SSSR count). The van der Waals surface area contributed by atoms with Crippen molar-refractivity contribution >= 4 is 8.58 Å². The van der Waals surface area contributed by atoms with E-state index in [2.05, 4.69) is 41.3 Å². The summed E-state index contributed by atoms with van der Waals surface area (Å²) in [6.07, 6.45) is 6.45. The Bertz CT molecular complexity index is 376. The molecule has 0 aliphatic rings. The molecule has 76 valence electrons. The average molecular weight is 275 g/mol. The third kappa shape index (κ3) is 2.16. The van der Waals surface area contributed by atoms with E-state index in [0.29, 0.717) is 0 Å². The molecular weight excluding hydrogens is 261 g/mol. The maximum atomic E-state index is 3.35. The van der Waals surface area contributed by atoms with Crippen molar-refractivity contribution in [2.75, 3.05) is 0 Å². The van der Waals surface area contributed by atoms with Crippen LogP contribution in [-0.4, -0.2) is 9.97 Å². The third-order valence-corrected chi connectivity index (χ3v) is 4.27. The van der Waals surface area contributed by atoms with Gasteiger partial charge in [-0.05, 0) is 0 Å². The van der Waals surface area contributed by atoms with E-state index < -0.39 is 0 Å². The van der Waals surface area contributed by atoms with Crippen LogP contribution < -0.4 is 8.58 Å². The van der Waals surface area contributed by atoms with Crippen LogP contribution >= 0.6 is 0 Å². The Labute approximate surface area is 91.7 Å². The Morgan fingerprint density at radius 3 is 2.86 bits per heavy atom. The van der Waals surface area contributed by atoms with Gasteiger partial charge in [0, 0.05) is 0 Å². The molecule has 3 heteroatoms. The molecule has 2 aromatic rings. The summed E-state index contributed by atoms with van der Waals surface area (Å²) >= 11 is 0.145. The Morgan fingerprint density at radius 1 is 1.21 bits per heavy atom. The second-order valence-electron chi connectivity index (χ2n) is 3.15. The second-order valence-corrected chi connectivity index (χ2v) is 5.39. The number of aromatic amines is 2. The zero-order chi connectivity index (χ0) is 9.80. The first-order valence-corrected chi connectivity index (χ1v) is 6.56. The van der Waals surface area contributed by atoms with Gasteiger partial charge >= 0.3 is 91.6 Å². The molecule has 14 heavy (non-hydrogen) atoms. The number of rotatable bonds is 4. The van der Waals surface area contributed by atoms with E-state index in [4.69, 9.17) is 0 Å². The summed E-state index contributed by atoms with van der Waals surface area (Å²) in [7, 11) is 0. The number of hydrogen-bond acceptors (Lipinski definition) is 0. The molecule has 0 spiro atoms. The van der Waals surface area contributed by atoms with Crippen LogP contribution in [0.3, 0.4) is 0 Å². The van der Waals surface area contributed by atoms with Gasteiger partial charge in [0.15, 0.2) is 0 Å². The van der Waals surface area contributed by atoms with E-state index in [-0.39, 0.29) is 17.1 Å². The van der Waals surface area contributed by atoms with Crippen molar-refractivity contribution in [1.82, 2.24) is 9.97 Å². The fourth-order valence-electron chi connectivity index (χ4n) is 1.37. The SMILES string of the molecule is CCCc1cc[nH][c]1[Ru][c]1ccc[nH]1. The second kappa shape index (κ2) is 4.61. The number of nitrogens with one attached hydrogen (secondary N) is 2. The molecule has 0 saturated carbocycles. The van der Waals surface area contributed by atoms with E-state index in [1.807, 2.05) is 6.20 Å². The minimum absolute atomic E-state index is 0.145. The van der Waals surface area contributed by atoms with Crippen LogP contribution in [0.4, 0.5) is 0 Å². The molecule has 0 radical (unpaired) electrons. The average Bonchev–Trinajstić information content (AvgIpc) is 2.80. The first-order valence-electron chi connectivity index (χ1n) is 4.82. The van der Waals surface area contributed by atoms with E-state index >= 15 is 0 Å². The molecule has 2 N–H and O–H groups in total. The fraction of sp³-hybridized carbons (Fsp3) is 0.273. The van der Waals surface area contributed by atoms with Gasteiger partial charge in [-0.25, -0.2) is 0 Å². The summed E-state index contributed by atoms with van der Waals surface area (Å²) in [5.41, 5.74) is 1.49. The molecule has 0 aliphatic carbocycles. The van der Waals surface area contributed by atoms with E-state index in [1.54, 1.807) is 0 Å². The fourth-order valence-corrected chi connectivity index (χ4v) is 3.34. The maximum absolute atomic E-state index is 3.35. The van der Waals surface area contributed by atoms with Crippen molar-refractivity contribution in [2.24, 2.45) is 0 Å². The van der Waals surface area contributed by atoms with E-state index in [0.717, 1.165) is 0 Å². The summed E-state index contributed by atoms with van der Waals surface area (Å²) in [5, 5.41) is 0. The summed E-state index contributed by atoms with van der Waals surface area (Å²) in [4.78, 5) is 6.61. The number of hydrogen-bond donors (Lipinski definition) is 2. The minimum atomic E-state index is 0.145. The normalized spacial score (nSPS) is 10.9. The molecule has 2 nitrogen and oxygen atoms in total. The van der Waals surface area contributed by atoms with E-state index in [1.165, 1.54) is 27.0 Å². The van der Waals surface area contributed by atoms with Crippen molar-refractivity contribution < 1.29 is 17.1 Å². The summed E-state index contributed by atoms with van der Waals surface area (Å²) in [6.45, 7) is 2.22. The molecule has 0 unspecified atom stereocenters. The summed E-state index contributed by atoms with van der Waals surface area (Å²) < 4.78 is 2.79. The topological polar surface area (TPSA) is 31.6 Å². The standard InChI is InChI=1S/C7H10N.C4H4N.Ru/c1-2-3-7-4-5-8-6-7;1-2-4-5-3-1;/h4-5,8H,2-3H2,1H3;1-3,5H;. The van der Waals surface area contributed by atoms with Gasteiger partial charge in [0.05, 0.1) is 0 Å². The van der Waals surface area contributed by atoms with Crippen LogP contribution in [0.5, 0.6) is 0 Å². The molecule has 0 bridgehead atoms. The molecular formula is C11H14N2Ru. The summed E-state index contributed by atoms with van der Waals surface area (Å²) in [5.74, 6) is 0. The molecule has 2 aromatic heterocycles. The van der Waals surface area contributed by atoms with Gasteiger partial charge in [-0.1, -0.05) is 0 Å². The zero-order valence-electron chi connectivity index (χ0n) is 8.15. The molecule has 2 heterocycles. The van der Waals surface area contributed by atoms with Crippen molar-refractivity contribution in [2.45, 2.75) is 19.8 Å². The van der Waals surface area contributed by atoms with Crippen molar-refractivity contribution in [1.29, 1.82) is 0 Å². The molecule has 0 aliphatic heterocycles. The van der Waals surface area contributed by atoms with Gasteiger partial charge in [0.2, 0.25) is 0 Å². The first-order chi connectivity index (χ1) is 6.90. The Kier molecular flexibility index (Phi) is 3.20. The van der Waals surface area contributed by atoms with Crippen LogP contribution in [0.25, 0.3) is 0 Å². The summed E-state index contributed by atoms with van der Waals surface area (Å²) in [6, 6.07) is 6.43. The Balaban J connectivity index is 2.12. The van der Waals surface area contributed by atoms with E-state index in [9.17, 15) is 0 Å². The van der Waals surface area contributed by atoms with Gasteiger partial charge < -0.3 is 0 Å². The molecule has 0 amide bonds. The monoisotopic (exact) mass is 276 g/mol. The first kappa shape index (κ1) is 9.73. The Hall–Kier alpha value is -0.817. The molecule has 0 aromatic carbocycles. The van der Waals surface area contributed by atoms with Crippen molar-refractivity contribution in [3.05, 3.63) is 36.2 Å². The number of H-pyrrole nitrogens is 2. The zero-order valence-corrected chi connectivity index (χ0v) is 9.89. The van der Waals surface area contributed by atoms with Gasteiger partial charge in [0.1, 0.15) is 0 Å². The van der Waals surface area contributed by atoms with Gasteiger partial charge in [-0.3, -0.25) is 0 Å². The molecule has 0 fully saturated rings. The number of aryl methyl sites for hydroxylation is 1. The number of aromatic nitrogens is 2.